The minimum absolute atomic E-state index is 0.167. The highest BCUT2D eigenvalue weighted by atomic mass is 35.6. The Morgan fingerprint density at radius 1 is 0.905 bits per heavy atom. The summed E-state index contributed by atoms with van der Waals surface area (Å²) < 4.78 is 25.2. The fourth-order valence-electron chi connectivity index (χ4n) is 2.12. The first kappa shape index (κ1) is 18.6. The molecule has 0 aliphatic carbocycles. The third kappa shape index (κ3) is 3.65. The molecule has 1 rings (SSSR count). The summed E-state index contributed by atoms with van der Waals surface area (Å²) in [6.45, 7) is 9.19. The van der Waals surface area contributed by atoms with Crippen LogP contribution in [0.25, 0.3) is 0 Å². The molecule has 0 heterocycles. The van der Waals surface area contributed by atoms with Gasteiger partial charge in [-0.25, -0.2) is 0 Å². The van der Waals surface area contributed by atoms with E-state index >= 15 is 0 Å². The zero-order valence-corrected chi connectivity index (χ0v) is 15.5. The van der Waals surface area contributed by atoms with Gasteiger partial charge in [-0.1, -0.05) is 34.8 Å². The first-order chi connectivity index (χ1) is 9.30. The van der Waals surface area contributed by atoms with Gasteiger partial charge in [-0.3, -0.25) is 5.73 Å². The van der Waals surface area contributed by atoms with Gasteiger partial charge in [0.1, 0.15) is 4.90 Å². The molecule has 8 heteroatoms. The van der Waals surface area contributed by atoms with Gasteiger partial charge < -0.3 is 0 Å². The topological polar surface area (TPSA) is 74.1 Å². The molecule has 0 unspecified atom stereocenters. The van der Waals surface area contributed by atoms with E-state index in [4.69, 9.17) is 40.5 Å². The molecule has 0 amide bonds. The maximum Gasteiger partial charge on any atom is 0.329 e. The van der Waals surface area contributed by atoms with E-state index in [1.54, 1.807) is 13.8 Å². The van der Waals surface area contributed by atoms with E-state index < -0.39 is 19.7 Å². The smallest absolute Gasteiger partial charge is 0.286 e. The molecule has 0 aromatic heterocycles. The van der Waals surface area contributed by atoms with Crippen molar-refractivity contribution in [1.82, 2.24) is 0 Å². The van der Waals surface area contributed by atoms with E-state index in [9.17, 15) is 8.42 Å². The Balaban J connectivity index is 3.70. The van der Waals surface area contributed by atoms with Crippen molar-refractivity contribution in [2.75, 3.05) is 0 Å². The predicted octanol–water partition coefficient (Wildman–Crippen LogP) is 1.73. The largest absolute Gasteiger partial charge is 0.329 e. The zero-order chi connectivity index (χ0) is 16.7. The van der Waals surface area contributed by atoms with Crippen molar-refractivity contribution in [1.29, 1.82) is 0 Å². The number of hydrogen-bond acceptors (Lipinski definition) is 2. The van der Waals surface area contributed by atoms with Gasteiger partial charge in [0.15, 0.2) is 0 Å². The van der Waals surface area contributed by atoms with E-state index in [1.165, 1.54) is 0 Å². The van der Waals surface area contributed by atoms with Crippen LogP contribution in [-0.4, -0.2) is 18.0 Å². The number of sulfonamides is 1. The lowest BCUT2D eigenvalue weighted by Gasteiger charge is -2.16. The van der Waals surface area contributed by atoms with Crippen LogP contribution in [-0.2, 0) is 10.0 Å². The summed E-state index contributed by atoms with van der Waals surface area (Å²) in [7, 11) is -3.93. The Kier molecular flexibility index (Phi) is 5.26. The maximum absolute atomic E-state index is 12.6. The second-order valence-electron chi connectivity index (χ2n) is 4.97. The Labute approximate surface area is 140 Å². The number of hydrogen-bond donors (Lipinski definition) is 2. The Morgan fingerprint density at radius 2 is 1.24 bits per heavy atom. The van der Waals surface area contributed by atoms with Gasteiger partial charge in [0.05, 0.1) is 0 Å². The quantitative estimate of drug-likeness (QED) is 0.471. The molecular formula is C13H18Cl3N2O2S+. The molecule has 1 aromatic rings. The Morgan fingerprint density at radius 3 is 1.57 bits per heavy atom. The predicted molar refractivity (Wildman–Crippen MR) is 87.8 cm³/mol. The molecule has 3 N–H and O–H groups in total. The van der Waals surface area contributed by atoms with Gasteiger partial charge in [-0.15, -0.1) is 0 Å². The van der Waals surface area contributed by atoms with Gasteiger partial charge in [0.25, 0.3) is 3.79 Å². The molecular weight excluding hydrogens is 355 g/mol. The average molecular weight is 373 g/mol. The zero-order valence-electron chi connectivity index (χ0n) is 12.4. The molecule has 0 aliphatic heterocycles. The molecule has 0 fully saturated rings. The number of nitrogens with two attached hydrogens (primary N) is 1. The molecule has 0 radical (unpaired) electrons. The summed E-state index contributed by atoms with van der Waals surface area (Å²) in [5.74, 6) is -0.456. The summed E-state index contributed by atoms with van der Waals surface area (Å²) >= 11 is 16.8. The molecule has 0 saturated carbocycles. The van der Waals surface area contributed by atoms with Crippen molar-refractivity contribution < 1.29 is 12.8 Å². The summed E-state index contributed by atoms with van der Waals surface area (Å²) in [6.07, 6.45) is 0. The van der Waals surface area contributed by atoms with E-state index in [0.29, 0.717) is 11.1 Å². The van der Waals surface area contributed by atoms with Crippen LogP contribution >= 0.6 is 34.8 Å². The van der Waals surface area contributed by atoms with Crippen LogP contribution in [0.15, 0.2) is 4.90 Å². The van der Waals surface area contributed by atoms with Crippen molar-refractivity contribution in [2.45, 2.75) is 43.3 Å². The molecule has 0 bridgehead atoms. The fraction of sp³-hybridized carbons (Fsp3) is 0.462. The number of nitrogens with one attached hydrogen (secondary N) is 1. The van der Waals surface area contributed by atoms with Gasteiger partial charge in [0, 0.05) is 0 Å². The van der Waals surface area contributed by atoms with E-state index in [-0.39, 0.29) is 4.90 Å². The van der Waals surface area contributed by atoms with Gasteiger partial charge in [0.2, 0.25) is 0 Å². The first-order valence-electron chi connectivity index (χ1n) is 6.10. The SMILES string of the molecule is Cc1c(C)c(C)c(S(=O)(=O)[NH+]=C(N)C(Cl)(Cl)Cl)c(C)c1C. The first-order valence-corrected chi connectivity index (χ1v) is 8.71. The summed E-state index contributed by atoms with van der Waals surface area (Å²) in [5.41, 5.74) is 9.69. The highest BCUT2D eigenvalue weighted by Crippen LogP contribution is 2.28. The Hall–Kier alpha value is -0.490. The molecule has 4 nitrogen and oxygen atoms in total. The number of amidine groups is 1. The second kappa shape index (κ2) is 5.95. The minimum Gasteiger partial charge on any atom is -0.286 e. The van der Waals surface area contributed by atoms with Gasteiger partial charge in [-0.05, 0) is 62.4 Å². The highest BCUT2D eigenvalue weighted by molar-refractivity contribution is 7.85. The Bertz CT molecular complexity index is 691. The number of halogens is 3. The summed E-state index contributed by atoms with van der Waals surface area (Å²) in [4.78, 5) is 0.167. The molecule has 0 spiro atoms. The van der Waals surface area contributed by atoms with Crippen LogP contribution in [0.3, 0.4) is 0 Å². The summed E-state index contributed by atoms with van der Waals surface area (Å²) in [6, 6.07) is 0. The number of alkyl halides is 3. The van der Waals surface area contributed by atoms with Crippen LogP contribution in [0.1, 0.15) is 27.8 Å². The van der Waals surface area contributed by atoms with Gasteiger partial charge >= 0.3 is 15.9 Å². The molecule has 21 heavy (non-hydrogen) atoms. The van der Waals surface area contributed by atoms with E-state index in [1.807, 2.05) is 20.8 Å². The van der Waals surface area contributed by atoms with Crippen LogP contribution in [0, 0.1) is 34.6 Å². The monoisotopic (exact) mass is 371 g/mol. The van der Waals surface area contributed by atoms with Crippen molar-refractivity contribution in [3.8, 4) is 0 Å². The number of benzene rings is 1. The standard InChI is InChI=1S/C13H17Cl3N2O2S/c1-6-7(2)9(4)11(10(5)8(6)3)21(19,20)18-12(17)13(14,15)16/h1-5H3,(H2,17,18)/p+1. The van der Waals surface area contributed by atoms with Gasteiger partial charge in [-0.2, -0.15) is 12.8 Å². The number of rotatable bonds is 2. The lowest BCUT2D eigenvalue weighted by molar-refractivity contribution is -0.270. The van der Waals surface area contributed by atoms with Crippen molar-refractivity contribution in [2.24, 2.45) is 5.73 Å². The molecule has 118 valence electrons. The molecule has 0 saturated heterocycles. The summed E-state index contributed by atoms with van der Waals surface area (Å²) in [5, 5.41) is 0. The lowest BCUT2D eigenvalue weighted by atomic mass is 9.95. The third-order valence-electron chi connectivity index (χ3n) is 3.75. The van der Waals surface area contributed by atoms with Crippen molar-refractivity contribution in [3.05, 3.63) is 27.8 Å². The van der Waals surface area contributed by atoms with Crippen LogP contribution in [0.2, 0.25) is 0 Å². The van der Waals surface area contributed by atoms with Crippen LogP contribution in [0.4, 0.5) is 0 Å². The normalized spacial score (nSPS) is 13.6. The molecule has 0 atom stereocenters. The molecule has 1 aromatic carbocycles. The maximum atomic E-state index is 12.6. The van der Waals surface area contributed by atoms with E-state index in [0.717, 1.165) is 16.7 Å². The van der Waals surface area contributed by atoms with E-state index in [2.05, 4.69) is 4.40 Å². The highest BCUT2D eigenvalue weighted by Gasteiger charge is 2.34. The van der Waals surface area contributed by atoms with Crippen molar-refractivity contribution >= 4 is 50.7 Å². The average Bonchev–Trinajstić information content (AvgIpc) is 2.32. The van der Waals surface area contributed by atoms with Crippen LogP contribution < -0.4 is 10.1 Å². The van der Waals surface area contributed by atoms with Crippen LogP contribution in [0.5, 0.6) is 0 Å². The third-order valence-corrected chi connectivity index (χ3v) is 6.00. The molecule has 0 aliphatic rings. The fourth-order valence-corrected chi connectivity index (χ4v) is 4.09. The van der Waals surface area contributed by atoms with Crippen molar-refractivity contribution in [3.63, 3.8) is 0 Å². The second-order valence-corrected chi connectivity index (χ2v) is 8.87. The lowest BCUT2D eigenvalue weighted by Crippen LogP contribution is -2.81. The minimum atomic E-state index is -3.93.